The van der Waals surface area contributed by atoms with Crippen molar-refractivity contribution in [2.24, 2.45) is 0 Å². The molecule has 1 aromatic rings. The number of esters is 1. The fourth-order valence-corrected chi connectivity index (χ4v) is 2.10. The van der Waals surface area contributed by atoms with Gasteiger partial charge in [0.05, 0.1) is 18.4 Å². The first-order valence-electron chi connectivity index (χ1n) is 6.34. The lowest BCUT2D eigenvalue weighted by molar-refractivity contribution is -0.145. The van der Waals surface area contributed by atoms with Crippen LogP contribution in [0.5, 0.6) is 0 Å². The van der Waals surface area contributed by atoms with Gasteiger partial charge in [0.25, 0.3) is 0 Å². The molecule has 0 bridgehead atoms. The number of hydrogen-bond acceptors (Lipinski definition) is 4. The number of ether oxygens (including phenoxy) is 1. The normalized spacial score (nSPS) is 13.2. The highest BCUT2D eigenvalue weighted by atomic mass is 16.5. The van der Waals surface area contributed by atoms with Crippen molar-refractivity contribution in [3.8, 4) is 6.07 Å². The summed E-state index contributed by atoms with van der Waals surface area (Å²) >= 11 is 0. The molecular weight excluding hydrogens is 240 g/mol. The molecule has 0 aliphatic rings. The molecule has 0 aliphatic carbocycles. The molecule has 1 N–H and O–H groups in total. The van der Waals surface area contributed by atoms with Gasteiger partial charge in [0, 0.05) is 0 Å². The first kappa shape index (κ1) is 15.0. The van der Waals surface area contributed by atoms with E-state index < -0.39 is 5.54 Å². The number of carbonyl (C=O) groups is 1. The minimum atomic E-state index is -0.815. The third-order valence-corrected chi connectivity index (χ3v) is 3.09. The molecule has 1 atom stereocenters. The number of methoxy groups -OCH3 is 1. The maximum absolute atomic E-state index is 11.9. The summed E-state index contributed by atoms with van der Waals surface area (Å²) < 4.78 is 4.85. The molecule has 0 aromatic heterocycles. The molecule has 19 heavy (non-hydrogen) atoms. The topological polar surface area (TPSA) is 62.1 Å². The van der Waals surface area contributed by atoms with Crippen molar-refractivity contribution in [3.05, 3.63) is 29.3 Å². The molecule has 102 valence electrons. The lowest BCUT2D eigenvalue weighted by Gasteiger charge is -2.29. The summed E-state index contributed by atoms with van der Waals surface area (Å²) in [7, 11) is 1.37. The zero-order valence-corrected chi connectivity index (χ0v) is 11.9. The molecule has 0 saturated heterocycles. The summed E-state index contributed by atoms with van der Waals surface area (Å²) in [4.78, 5) is 11.9. The van der Waals surface area contributed by atoms with Crippen LogP contribution in [0.1, 0.15) is 37.8 Å². The molecule has 1 unspecified atom stereocenters. The number of nitrogens with one attached hydrogen (secondary N) is 1. The summed E-state index contributed by atoms with van der Waals surface area (Å²) in [5, 5.41) is 12.3. The van der Waals surface area contributed by atoms with Crippen LogP contribution in [0.2, 0.25) is 0 Å². The summed E-state index contributed by atoms with van der Waals surface area (Å²) in [6, 6.07) is 7.67. The Balaban J connectivity index is 3.10. The molecule has 0 aliphatic heterocycles. The van der Waals surface area contributed by atoms with Gasteiger partial charge in [-0.05, 0) is 38.0 Å². The molecule has 4 heteroatoms. The Hall–Kier alpha value is -2.02. The van der Waals surface area contributed by atoms with Crippen LogP contribution >= 0.6 is 0 Å². The van der Waals surface area contributed by atoms with Gasteiger partial charge in [-0.25, -0.2) is 4.79 Å². The Morgan fingerprint density at radius 1 is 1.53 bits per heavy atom. The average molecular weight is 260 g/mol. The summed E-state index contributed by atoms with van der Waals surface area (Å²) in [5.41, 5.74) is 1.39. The van der Waals surface area contributed by atoms with E-state index in [0.29, 0.717) is 17.7 Å². The minimum Gasteiger partial charge on any atom is -0.467 e. The summed E-state index contributed by atoms with van der Waals surface area (Å²) in [6.07, 6.45) is 1.48. The van der Waals surface area contributed by atoms with Crippen LogP contribution in [-0.4, -0.2) is 18.6 Å². The van der Waals surface area contributed by atoms with Crippen LogP contribution in [0.4, 0.5) is 5.69 Å². The van der Waals surface area contributed by atoms with Crippen LogP contribution in [0.3, 0.4) is 0 Å². The molecule has 0 spiro atoms. The molecule has 1 aromatic carbocycles. The molecule has 0 radical (unpaired) electrons. The Morgan fingerprint density at radius 2 is 2.21 bits per heavy atom. The number of nitriles is 1. The van der Waals surface area contributed by atoms with Crippen molar-refractivity contribution in [1.29, 1.82) is 5.26 Å². The van der Waals surface area contributed by atoms with Crippen molar-refractivity contribution >= 4 is 11.7 Å². The smallest absolute Gasteiger partial charge is 0.331 e. The zero-order valence-electron chi connectivity index (χ0n) is 11.9. The second kappa shape index (κ2) is 6.24. The summed E-state index contributed by atoms with van der Waals surface area (Å²) in [6.45, 7) is 5.72. The van der Waals surface area contributed by atoms with Crippen LogP contribution in [0.15, 0.2) is 18.2 Å². The van der Waals surface area contributed by atoms with Crippen molar-refractivity contribution in [2.75, 3.05) is 12.4 Å². The second-order valence-electron chi connectivity index (χ2n) is 4.86. The maximum atomic E-state index is 11.9. The van der Waals surface area contributed by atoms with E-state index in [4.69, 9.17) is 10.00 Å². The standard InChI is InChI=1S/C15H20N2O2/c1-5-8-15(3,14(18)19-4)17-13-7-6-11(2)9-12(13)10-16/h6-7,9,17H,5,8H2,1-4H3. The number of rotatable bonds is 5. The molecule has 0 saturated carbocycles. The number of aryl methyl sites for hydroxylation is 1. The maximum Gasteiger partial charge on any atom is 0.331 e. The van der Waals surface area contributed by atoms with E-state index in [0.717, 1.165) is 12.0 Å². The van der Waals surface area contributed by atoms with Gasteiger partial charge < -0.3 is 10.1 Å². The van der Waals surface area contributed by atoms with Crippen LogP contribution in [0.25, 0.3) is 0 Å². The molecule has 1 rings (SSSR count). The van der Waals surface area contributed by atoms with E-state index in [1.54, 1.807) is 13.0 Å². The fourth-order valence-electron chi connectivity index (χ4n) is 2.10. The molecule has 0 amide bonds. The van der Waals surface area contributed by atoms with E-state index in [-0.39, 0.29) is 5.97 Å². The predicted octanol–water partition coefficient (Wildman–Crippen LogP) is 3.01. The third-order valence-electron chi connectivity index (χ3n) is 3.09. The lowest BCUT2D eigenvalue weighted by atomic mass is 9.95. The average Bonchev–Trinajstić information content (AvgIpc) is 2.40. The highest BCUT2D eigenvalue weighted by molar-refractivity contribution is 5.84. The van der Waals surface area contributed by atoms with Crippen LogP contribution in [-0.2, 0) is 9.53 Å². The predicted molar refractivity (Wildman–Crippen MR) is 74.8 cm³/mol. The van der Waals surface area contributed by atoms with Gasteiger partial charge in [-0.2, -0.15) is 5.26 Å². The Labute approximate surface area is 114 Å². The van der Waals surface area contributed by atoms with Gasteiger partial charge in [-0.3, -0.25) is 0 Å². The number of anilines is 1. The lowest BCUT2D eigenvalue weighted by Crippen LogP contribution is -2.44. The van der Waals surface area contributed by atoms with Gasteiger partial charge in [-0.15, -0.1) is 0 Å². The second-order valence-corrected chi connectivity index (χ2v) is 4.86. The molecule has 4 nitrogen and oxygen atoms in total. The first-order valence-corrected chi connectivity index (χ1v) is 6.34. The molecular formula is C15H20N2O2. The van der Waals surface area contributed by atoms with Crippen molar-refractivity contribution in [3.63, 3.8) is 0 Å². The van der Waals surface area contributed by atoms with Crippen molar-refractivity contribution in [2.45, 2.75) is 39.2 Å². The number of nitrogens with zero attached hydrogens (tertiary/aromatic N) is 1. The van der Waals surface area contributed by atoms with Gasteiger partial charge >= 0.3 is 5.97 Å². The van der Waals surface area contributed by atoms with Gasteiger partial charge in [0.15, 0.2) is 0 Å². The monoisotopic (exact) mass is 260 g/mol. The van der Waals surface area contributed by atoms with E-state index in [1.165, 1.54) is 7.11 Å². The number of benzene rings is 1. The van der Waals surface area contributed by atoms with Crippen molar-refractivity contribution < 1.29 is 9.53 Å². The fraction of sp³-hybridized carbons (Fsp3) is 0.467. The Morgan fingerprint density at radius 3 is 2.74 bits per heavy atom. The highest BCUT2D eigenvalue weighted by Crippen LogP contribution is 2.25. The zero-order chi connectivity index (χ0) is 14.5. The number of carbonyl (C=O) groups excluding carboxylic acids is 1. The quantitative estimate of drug-likeness (QED) is 0.827. The molecule has 0 heterocycles. The largest absolute Gasteiger partial charge is 0.467 e. The third kappa shape index (κ3) is 3.47. The van der Waals surface area contributed by atoms with Gasteiger partial charge in [0.2, 0.25) is 0 Å². The van der Waals surface area contributed by atoms with Gasteiger partial charge in [-0.1, -0.05) is 19.4 Å². The van der Waals surface area contributed by atoms with E-state index >= 15 is 0 Å². The summed E-state index contributed by atoms with van der Waals surface area (Å²) in [5.74, 6) is -0.321. The first-order chi connectivity index (χ1) is 8.96. The van der Waals surface area contributed by atoms with E-state index in [2.05, 4.69) is 11.4 Å². The van der Waals surface area contributed by atoms with E-state index in [9.17, 15) is 4.79 Å². The van der Waals surface area contributed by atoms with E-state index in [1.807, 2.05) is 26.0 Å². The Kier molecular flexibility index (Phi) is 4.94. The Bertz CT molecular complexity index is 505. The van der Waals surface area contributed by atoms with Gasteiger partial charge in [0.1, 0.15) is 11.6 Å². The molecule has 0 fully saturated rings. The number of hydrogen-bond donors (Lipinski definition) is 1. The SMILES string of the molecule is CCCC(C)(Nc1ccc(C)cc1C#N)C(=O)OC. The highest BCUT2D eigenvalue weighted by Gasteiger charge is 2.33. The minimum absolute atomic E-state index is 0.321. The van der Waals surface area contributed by atoms with Crippen molar-refractivity contribution in [1.82, 2.24) is 0 Å². The van der Waals surface area contributed by atoms with Crippen LogP contribution < -0.4 is 5.32 Å². The van der Waals surface area contributed by atoms with Crippen LogP contribution in [0, 0.1) is 18.3 Å².